The second kappa shape index (κ2) is 6.04. The van der Waals surface area contributed by atoms with Gasteiger partial charge in [-0.2, -0.15) is 5.10 Å². The maximum atomic E-state index is 11.6. The van der Waals surface area contributed by atoms with Crippen LogP contribution in [0, 0.1) is 17.0 Å². The molecule has 0 saturated heterocycles. The summed E-state index contributed by atoms with van der Waals surface area (Å²) in [5.41, 5.74) is 1.45. The van der Waals surface area contributed by atoms with E-state index < -0.39 is 10.9 Å². The summed E-state index contributed by atoms with van der Waals surface area (Å²) in [6, 6.07) is 3.04. The minimum absolute atomic E-state index is 0.0170. The third-order valence-corrected chi connectivity index (χ3v) is 3.44. The largest absolute Gasteiger partial charge is 0.462 e. The molecule has 0 aliphatic carbocycles. The molecule has 7 nitrogen and oxygen atoms in total. The first-order valence-corrected chi connectivity index (χ1v) is 6.90. The third kappa shape index (κ3) is 3.10. The molecule has 0 aliphatic heterocycles. The topological polar surface area (TPSA) is 87.3 Å². The lowest BCUT2D eigenvalue weighted by molar-refractivity contribution is -0.385. The average Bonchev–Trinajstić information content (AvgIpc) is 2.90. The van der Waals surface area contributed by atoms with E-state index in [0.29, 0.717) is 21.3 Å². The zero-order valence-corrected chi connectivity index (χ0v) is 13.0. The van der Waals surface area contributed by atoms with E-state index in [-0.39, 0.29) is 12.3 Å². The third-order valence-electron chi connectivity index (χ3n) is 2.80. The lowest BCUT2D eigenvalue weighted by atomic mass is 10.2. The van der Waals surface area contributed by atoms with Gasteiger partial charge in [0.25, 0.3) is 5.69 Å². The monoisotopic (exact) mass is 353 g/mol. The second-order valence-corrected chi connectivity index (χ2v) is 5.10. The molecule has 0 bridgehead atoms. The number of esters is 1. The van der Waals surface area contributed by atoms with Crippen LogP contribution < -0.4 is 0 Å². The van der Waals surface area contributed by atoms with Crippen LogP contribution in [0.15, 0.2) is 29.0 Å². The highest BCUT2D eigenvalue weighted by Gasteiger charge is 2.17. The summed E-state index contributed by atoms with van der Waals surface area (Å²) in [5.74, 6) is -0.460. The van der Waals surface area contributed by atoms with Crippen molar-refractivity contribution in [2.24, 2.45) is 0 Å². The van der Waals surface area contributed by atoms with Crippen LogP contribution in [0.5, 0.6) is 0 Å². The summed E-state index contributed by atoms with van der Waals surface area (Å²) in [6.07, 6.45) is 2.91. The number of benzene rings is 1. The second-order valence-electron chi connectivity index (χ2n) is 4.24. The van der Waals surface area contributed by atoms with Crippen LogP contribution in [0.3, 0.4) is 0 Å². The van der Waals surface area contributed by atoms with Crippen LogP contribution >= 0.6 is 15.9 Å². The number of hydrogen-bond acceptors (Lipinski definition) is 5. The number of carbonyl (C=O) groups is 1. The lowest BCUT2D eigenvalue weighted by Gasteiger charge is -2.06. The predicted octanol–water partition coefficient (Wildman–Crippen LogP) is 3.03. The Morgan fingerprint density at radius 3 is 2.86 bits per heavy atom. The van der Waals surface area contributed by atoms with Crippen molar-refractivity contribution in [3.63, 3.8) is 0 Å². The molecule has 0 fully saturated rings. The number of nitro groups is 1. The van der Waals surface area contributed by atoms with Crippen LogP contribution in [0.25, 0.3) is 5.69 Å². The van der Waals surface area contributed by atoms with Crippen LogP contribution in [-0.2, 0) is 4.74 Å². The molecule has 21 heavy (non-hydrogen) atoms. The summed E-state index contributed by atoms with van der Waals surface area (Å²) in [5, 5.41) is 15.0. The highest BCUT2D eigenvalue weighted by Crippen LogP contribution is 2.29. The first kappa shape index (κ1) is 15.2. The van der Waals surface area contributed by atoms with Gasteiger partial charge in [-0.3, -0.25) is 10.1 Å². The van der Waals surface area contributed by atoms with Crippen LogP contribution in [0.2, 0.25) is 0 Å². The first-order chi connectivity index (χ1) is 9.93. The van der Waals surface area contributed by atoms with Crippen LogP contribution in [0.4, 0.5) is 5.69 Å². The maximum absolute atomic E-state index is 11.6. The Bertz CT molecular complexity index is 711. The number of carbonyl (C=O) groups excluding carboxylic acids is 1. The number of aromatic nitrogens is 2. The molecule has 0 amide bonds. The van der Waals surface area contributed by atoms with E-state index in [0.717, 1.165) is 0 Å². The smallest absolute Gasteiger partial charge is 0.341 e. The molecule has 0 saturated carbocycles. The fraction of sp³-hybridized carbons (Fsp3) is 0.231. The summed E-state index contributed by atoms with van der Waals surface area (Å²) < 4.78 is 6.87. The van der Waals surface area contributed by atoms with Crippen LogP contribution in [-0.4, -0.2) is 27.3 Å². The van der Waals surface area contributed by atoms with Gasteiger partial charge in [0.1, 0.15) is 0 Å². The summed E-state index contributed by atoms with van der Waals surface area (Å²) in [6.45, 7) is 3.65. The number of ether oxygens (including phenoxy) is 1. The van der Waals surface area contributed by atoms with Gasteiger partial charge < -0.3 is 4.74 Å². The van der Waals surface area contributed by atoms with Gasteiger partial charge in [-0.25, -0.2) is 9.48 Å². The minimum Gasteiger partial charge on any atom is -0.462 e. The van der Waals surface area contributed by atoms with E-state index in [1.165, 1.54) is 23.1 Å². The van der Waals surface area contributed by atoms with Gasteiger partial charge in [0.15, 0.2) is 0 Å². The summed E-state index contributed by atoms with van der Waals surface area (Å²) in [7, 11) is 0. The van der Waals surface area contributed by atoms with Crippen molar-refractivity contribution >= 4 is 27.6 Å². The van der Waals surface area contributed by atoms with Gasteiger partial charge >= 0.3 is 5.97 Å². The first-order valence-electron chi connectivity index (χ1n) is 6.10. The quantitative estimate of drug-likeness (QED) is 0.478. The highest BCUT2D eigenvalue weighted by molar-refractivity contribution is 9.10. The number of nitrogens with zero attached hydrogens (tertiary/aromatic N) is 3. The van der Waals surface area contributed by atoms with E-state index in [4.69, 9.17) is 4.74 Å². The van der Waals surface area contributed by atoms with Crippen molar-refractivity contribution in [2.75, 3.05) is 6.61 Å². The molecule has 0 N–H and O–H groups in total. The molecular formula is C13H12BrN3O4. The van der Waals surface area contributed by atoms with Gasteiger partial charge in [0.05, 0.1) is 33.5 Å². The number of nitro benzene ring substituents is 1. The Hall–Kier alpha value is -2.22. The standard InChI is InChI=1S/C13H12BrN3O4/c1-3-21-13(18)9-6-15-16(7-9)12-4-8(2)11(17(19)20)5-10(12)14/h4-7H,3H2,1-2H3. The van der Waals surface area contributed by atoms with Crippen molar-refractivity contribution < 1.29 is 14.5 Å². The van der Waals surface area contributed by atoms with Crippen molar-refractivity contribution in [2.45, 2.75) is 13.8 Å². The molecular weight excluding hydrogens is 342 g/mol. The number of halogens is 1. The van der Waals surface area contributed by atoms with Gasteiger partial charge in [-0.05, 0) is 35.8 Å². The SMILES string of the molecule is CCOC(=O)c1cnn(-c2cc(C)c([N+](=O)[O-])cc2Br)c1. The van der Waals surface area contributed by atoms with Crippen molar-refractivity contribution in [1.82, 2.24) is 9.78 Å². The fourth-order valence-electron chi connectivity index (χ4n) is 1.80. The Labute approximate surface area is 128 Å². The van der Waals surface area contributed by atoms with Crippen LogP contribution in [0.1, 0.15) is 22.8 Å². The summed E-state index contributed by atoms with van der Waals surface area (Å²) in [4.78, 5) is 22.0. The number of rotatable bonds is 4. The fourth-order valence-corrected chi connectivity index (χ4v) is 2.32. The van der Waals surface area contributed by atoms with Gasteiger partial charge in [0, 0.05) is 17.8 Å². The zero-order chi connectivity index (χ0) is 15.6. The molecule has 0 spiro atoms. The Kier molecular flexibility index (Phi) is 4.37. The van der Waals surface area contributed by atoms with Gasteiger partial charge in [0.2, 0.25) is 0 Å². The van der Waals surface area contributed by atoms with Crippen molar-refractivity contribution in [1.29, 1.82) is 0 Å². The molecule has 8 heteroatoms. The highest BCUT2D eigenvalue weighted by atomic mass is 79.9. The number of aryl methyl sites for hydroxylation is 1. The van der Waals surface area contributed by atoms with E-state index >= 15 is 0 Å². The minimum atomic E-state index is -0.460. The summed E-state index contributed by atoms with van der Waals surface area (Å²) >= 11 is 3.28. The molecule has 110 valence electrons. The van der Waals surface area contributed by atoms with E-state index in [9.17, 15) is 14.9 Å². The molecule has 1 aromatic carbocycles. The zero-order valence-electron chi connectivity index (χ0n) is 11.4. The van der Waals surface area contributed by atoms with Crippen molar-refractivity contribution in [3.8, 4) is 5.69 Å². The Morgan fingerprint density at radius 1 is 1.52 bits per heavy atom. The lowest BCUT2D eigenvalue weighted by Crippen LogP contribution is -2.03. The predicted molar refractivity (Wildman–Crippen MR) is 78.6 cm³/mol. The Balaban J connectivity index is 2.41. The molecule has 2 aromatic rings. The average molecular weight is 354 g/mol. The molecule has 0 atom stereocenters. The molecule has 0 aliphatic rings. The number of hydrogen-bond donors (Lipinski definition) is 0. The Morgan fingerprint density at radius 2 is 2.24 bits per heavy atom. The van der Waals surface area contributed by atoms with E-state index in [1.54, 1.807) is 19.9 Å². The maximum Gasteiger partial charge on any atom is 0.341 e. The molecule has 1 heterocycles. The van der Waals surface area contributed by atoms with Crippen molar-refractivity contribution in [3.05, 3.63) is 50.2 Å². The molecule has 0 radical (unpaired) electrons. The normalized spacial score (nSPS) is 10.4. The van der Waals surface area contributed by atoms with Gasteiger partial charge in [-0.15, -0.1) is 0 Å². The molecule has 1 aromatic heterocycles. The molecule has 2 rings (SSSR count). The molecule has 0 unspecified atom stereocenters. The van der Waals surface area contributed by atoms with E-state index in [1.807, 2.05) is 0 Å². The van der Waals surface area contributed by atoms with E-state index in [2.05, 4.69) is 21.0 Å². The van der Waals surface area contributed by atoms with Gasteiger partial charge in [-0.1, -0.05) is 0 Å².